The number of nitrogens with zero attached hydrogens (tertiary/aromatic N) is 4. The average Bonchev–Trinajstić information content (AvgIpc) is 3.70. The number of hydrogen-bond acceptors (Lipinski definition) is 13. The fourth-order valence-electron chi connectivity index (χ4n) is 6.46. The second kappa shape index (κ2) is 15.6. The van der Waals surface area contributed by atoms with Crippen LogP contribution in [0.15, 0.2) is 53.4 Å². The molecule has 3 saturated heterocycles. The van der Waals surface area contributed by atoms with Gasteiger partial charge in [0.1, 0.15) is 17.2 Å². The summed E-state index contributed by atoms with van der Waals surface area (Å²) in [5.41, 5.74) is 13.9. The van der Waals surface area contributed by atoms with Gasteiger partial charge in [0, 0.05) is 39.2 Å². The molecule has 1 aromatic heterocycles. The summed E-state index contributed by atoms with van der Waals surface area (Å²) in [6.07, 6.45) is -2.62. The number of nitrogen functional groups attached to an aromatic ring is 2. The minimum atomic E-state index is -4.86. The summed E-state index contributed by atoms with van der Waals surface area (Å²) < 4.78 is 79.2. The molecule has 20 heteroatoms. The van der Waals surface area contributed by atoms with E-state index in [0.29, 0.717) is 26.1 Å². The van der Waals surface area contributed by atoms with Crippen molar-refractivity contribution in [3.63, 3.8) is 0 Å². The van der Waals surface area contributed by atoms with Gasteiger partial charge in [-0.2, -0.15) is 0 Å². The van der Waals surface area contributed by atoms with E-state index in [1.807, 2.05) is 0 Å². The van der Waals surface area contributed by atoms with Gasteiger partial charge in [0.25, 0.3) is 17.7 Å². The number of hydrogen-bond donors (Lipinski definition) is 3. The highest BCUT2D eigenvalue weighted by Crippen LogP contribution is 2.38. The zero-order chi connectivity index (χ0) is 38.7. The Morgan fingerprint density at radius 2 is 1.31 bits per heavy atom. The highest BCUT2D eigenvalue weighted by molar-refractivity contribution is 7.93. The van der Waals surface area contributed by atoms with Gasteiger partial charge in [0.05, 0.1) is 4.90 Å². The van der Waals surface area contributed by atoms with Crippen LogP contribution in [-0.2, 0) is 24.2 Å². The molecule has 5 N–H and O–H groups in total. The number of nitrogens with one attached hydrogen (secondary N) is 1. The average molecular weight is 778 g/mol. The molecule has 290 valence electrons. The second-order valence-electron chi connectivity index (χ2n) is 12.9. The molecule has 3 aromatic rings. The number of likely N-dealkylation sites (tertiary alicyclic amines) is 2. The van der Waals surface area contributed by atoms with E-state index in [0.717, 1.165) is 37.8 Å². The molecule has 0 bridgehead atoms. The molecule has 3 fully saturated rings. The normalized spacial score (nSPS) is 18.9. The third-order valence-corrected chi connectivity index (χ3v) is 11.9. The Hall–Kier alpha value is -5.21. The summed E-state index contributed by atoms with van der Waals surface area (Å²) >= 11 is 0. The molecule has 3 aliphatic rings. The number of piperidine rings is 1. The van der Waals surface area contributed by atoms with Crippen LogP contribution in [0.4, 0.5) is 24.8 Å². The Morgan fingerprint density at radius 1 is 0.796 bits per heavy atom. The Bertz CT molecular complexity index is 1960. The molecule has 0 aliphatic carbocycles. The molecule has 16 nitrogen and oxygen atoms in total. The van der Waals surface area contributed by atoms with E-state index < -0.39 is 50.7 Å². The molecule has 0 saturated carbocycles. The standard InChI is InChI=1S/C34H38F3N7O9S/c35-34(36,37)52-23-8-6-21(7-9-23)51-22-10-12-24(13-11-22)54(48,49)33(32(47)42-53-25-5-1-4-20-50-25)14-18-44(19-15-33)31(46)27-29(39)40-26(28(38)41-27)30(45)43-16-2-3-17-43/h6-13,25H,1-5,14-20H2,(H2,38,41)(H2,39,40)(H,42,47). The number of benzene rings is 2. The predicted molar refractivity (Wildman–Crippen MR) is 184 cm³/mol. The third kappa shape index (κ3) is 8.29. The Labute approximate surface area is 307 Å². The van der Waals surface area contributed by atoms with E-state index in [-0.39, 0.29) is 65.3 Å². The molecule has 3 amide bonds. The zero-order valence-electron chi connectivity index (χ0n) is 28.8. The number of carbonyl (C=O) groups excluding carboxylic acids is 3. The van der Waals surface area contributed by atoms with Crippen LogP contribution in [0.5, 0.6) is 17.2 Å². The molecular formula is C34H38F3N7O9S. The highest BCUT2D eigenvalue weighted by atomic mass is 32.2. The number of ether oxygens (including phenoxy) is 3. The molecule has 4 heterocycles. The first-order valence-corrected chi connectivity index (χ1v) is 18.6. The number of carbonyl (C=O) groups is 3. The summed E-state index contributed by atoms with van der Waals surface area (Å²) in [6, 6.07) is 9.71. The van der Waals surface area contributed by atoms with Gasteiger partial charge in [-0.25, -0.2) is 28.7 Å². The number of anilines is 2. The number of sulfone groups is 1. The van der Waals surface area contributed by atoms with Crippen LogP contribution < -0.4 is 26.4 Å². The van der Waals surface area contributed by atoms with Gasteiger partial charge in [0.15, 0.2) is 43.9 Å². The fourth-order valence-corrected chi connectivity index (χ4v) is 8.41. The summed E-state index contributed by atoms with van der Waals surface area (Å²) in [5.74, 6) is -2.88. The van der Waals surface area contributed by atoms with Crippen molar-refractivity contribution in [3.05, 3.63) is 59.9 Å². The largest absolute Gasteiger partial charge is 0.573 e. The third-order valence-electron chi connectivity index (χ3n) is 9.38. The van der Waals surface area contributed by atoms with Crippen LogP contribution >= 0.6 is 0 Å². The lowest BCUT2D eigenvalue weighted by molar-refractivity contribution is -0.274. The van der Waals surface area contributed by atoms with E-state index >= 15 is 0 Å². The molecule has 3 aliphatic heterocycles. The molecular weight excluding hydrogens is 739 g/mol. The summed E-state index contributed by atoms with van der Waals surface area (Å²) in [4.78, 5) is 56.7. The van der Waals surface area contributed by atoms with E-state index in [4.69, 9.17) is 25.8 Å². The van der Waals surface area contributed by atoms with Crippen LogP contribution in [0.2, 0.25) is 0 Å². The number of hydroxylamine groups is 1. The maximum Gasteiger partial charge on any atom is 0.573 e. The van der Waals surface area contributed by atoms with Crippen LogP contribution in [0.25, 0.3) is 0 Å². The van der Waals surface area contributed by atoms with Crippen LogP contribution in [-0.4, -0.2) is 96.1 Å². The number of halogens is 3. The Morgan fingerprint density at radius 3 is 1.83 bits per heavy atom. The first-order chi connectivity index (χ1) is 25.7. The van der Waals surface area contributed by atoms with Crippen LogP contribution in [0, 0.1) is 0 Å². The number of aromatic nitrogens is 2. The summed E-state index contributed by atoms with van der Waals surface area (Å²) in [7, 11) is -4.50. The highest BCUT2D eigenvalue weighted by Gasteiger charge is 2.54. The number of amides is 3. The van der Waals surface area contributed by atoms with Gasteiger partial charge < -0.3 is 35.5 Å². The van der Waals surface area contributed by atoms with Crippen molar-refractivity contribution in [1.29, 1.82) is 0 Å². The Balaban J connectivity index is 1.20. The van der Waals surface area contributed by atoms with Gasteiger partial charge in [-0.05, 0) is 87.1 Å². The van der Waals surface area contributed by atoms with Crippen LogP contribution in [0.1, 0.15) is 65.9 Å². The topological polar surface area (TPSA) is 219 Å². The van der Waals surface area contributed by atoms with Gasteiger partial charge in [-0.1, -0.05) is 0 Å². The van der Waals surface area contributed by atoms with Crippen molar-refractivity contribution < 1.29 is 55.0 Å². The van der Waals surface area contributed by atoms with Gasteiger partial charge in [0.2, 0.25) is 0 Å². The maximum atomic E-state index is 14.4. The smallest absolute Gasteiger partial charge is 0.457 e. The van der Waals surface area contributed by atoms with E-state index in [2.05, 4.69) is 20.2 Å². The number of nitrogens with two attached hydrogens (primary N) is 2. The van der Waals surface area contributed by atoms with Gasteiger partial charge in [-0.15, -0.1) is 13.2 Å². The Kier molecular flexibility index (Phi) is 11.2. The molecule has 0 radical (unpaired) electrons. The monoisotopic (exact) mass is 777 g/mol. The van der Waals surface area contributed by atoms with E-state index in [1.54, 1.807) is 4.90 Å². The van der Waals surface area contributed by atoms with E-state index in [1.165, 1.54) is 41.3 Å². The molecule has 1 atom stereocenters. The predicted octanol–water partition coefficient (Wildman–Crippen LogP) is 3.59. The lowest BCUT2D eigenvalue weighted by atomic mass is 9.94. The summed E-state index contributed by atoms with van der Waals surface area (Å²) in [5, 5.41) is 0. The van der Waals surface area contributed by atoms with Crippen molar-refractivity contribution in [2.75, 3.05) is 44.3 Å². The molecule has 1 unspecified atom stereocenters. The molecule has 6 rings (SSSR count). The van der Waals surface area contributed by atoms with Crippen molar-refractivity contribution in [3.8, 4) is 17.2 Å². The van der Waals surface area contributed by atoms with E-state index in [9.17, 15) is 36.0 Å². The first-order valence-electron chi connectivity index (χ1n) is 17.1. The van der Waals surface area contributed by atoms with Crippen molar-refractivity contribution in [2.24, 2.45) is 0 Å². The minimum Gasteiger partial charge on any atom is -0.457 e. The van der Waals surface area contributed by atoms with Gasteiger partial charge in [-0.3, -0.25) is 14.4 Å². The quantitative estimate of drug-likeness (QED) is 0.251. The lowest BCUT2D eigenvalue weighted by Crippen LogP contribution is -2.59. The van der Waals surface area contributed by atoms with Crippen LogP contribution in [0.3, 0.4) is 0 Å². The molecule has 54 heavy (non-hydrogen) atoms. The first kappa shape index (κ1) is 38.5. The minimum absolute atomic E-state index is 0.148. The lowest BCUT2D eigenvalue weighted by Gasteiger charge is -2.40. The molecule has 2 aromatic carbocycles. The van der Waals surface area contributed by atoms with Crippen molar-refractivity contribution >= 4 is 39.2 Å². The van der Waals surface area contributed by atoms with Gasteiger partial charge >= 0.3 is 6.36 Å². The summed E-state index contributed by atoms with van der Waals surface area (Å²) in [6.45, 7) is 1.02. The maximum absolute atomic E-state index is 14.4. The van der Waals surface area contributed by atoms with Crippen molar-refractivity contribution in [2.45, 2.75) is 67.2 Å². The second-order valence-corrected chi connectivity index (χ2v) is 15.2. The molecule has 0 spiro atoms. The SMILES string of the molecule is Nc1nc(C(=O)N2CCC(C(=O)NOC3CCCCO3)(S(=O)(=O)c3ccc(Oc4ccc(OC(F)(F)F)cc4)cc3)CC2)c(N)nc1C(=O)N1CCCC1. The fraction of sp³-hybridized carbons (Fsp3) is 0.441. The van der Waals surface area contributed by atoms with Crippen molar-refractivity contribution in [1.82, 2.24) is 25.2 Å². The zero-order valence-corrected chi connectivity index (χ0v) is 29.7. The number of alkyl halides is 3. The number of rotatable bonds is 10.